The van der Waals surface area contributed by atoms with Crippen molar-refractivity contribution < 1.29 is 13.2 Å². The summed E-state index contributed by atoms with van der Waals surface area (Å²) in [4.78, 5) is 1.42. The van der Waals surface area contributed by atoms with E-state index in [2.05, 4.69) is 15.9 Å². The van der Waals surface area contributed by atoms with E-state index in [-0.39, 0.29) is 0 Å². The minimum absolute atomic E-state index is 0.334. The van der Waals surface area contributed by atoms with Crippen LogP contribution in [0.25, 0.3) is 0 Å². The van der Waals surface area contributed by atoms with Crippen molar-refractivity contribution in [3.63, 3.8) is 0 Å². The molecule has 0 saturated heterocycles. The van der Waals surface area contributed by atoms with E-state index in [1.807, 2.05) is 31.2 Å². The van der Waals surface area contributed by atoms with Gasteiger partial charge >= 0.3 is 6.18 Å². The summed E-state index contributed by atoms with van der Waals surface area (Å²) in [5.41, 5.74) is 0.894. The van der Waals surface area contributed by atoms with Crippen molar-refractivity contribution in [2.75, 3.05) is 13.1 Å². The zero-order chi connectivity index (χ0) is 12.9. The number of nitrogens with zero attached hydrogens (tertiary/aromatic N) is 1. The lowest BCUT2D eigenvalue weighted by Crippen LogP contribution is -2.34. The zero-order valence-electron chi connectivity index (χ0n) is 9.60. The van der Waals surface area contributed by atoms with Crippen LogP contribution in [0, 0.1) is 0 Å². The maximum Gasteiger partial charge on any atom is 0.401 e. The summed E-state index contributed by atoms with van der Waals surface area (Å²) in [7, 11) is 0. The van der Waals surface area contributed by atoms with E-state index < -0.39 is 12.7 Å². The predicted octanol–water partition coefficient (Wildman–Crippen LogP) is 4.22. The normalized spacial score (nSPS) is 12.1. The molecule has 5 heteroatoms. The molecule has 1 aromatic rings. The maximum absolute atomic E-state index is 12.3. The van der Waals surface area contributed by atoms with Gasteiger partial charge in [0.05, 0.1) is 6.54 Å². The van der Waals surface area contributed by atoms with Gasteiger partial charge in [-0.3, -0.25) is 4.90 Å². The first-order valence-corrected chi connectivity index (χ1v) is 6.23. The van der Waals surface area contributed by atoms with Gasteiger partial charge in [0.1, 0.15) is 0 Å². The molecule has 0 aliphatic rings. The first-order valence-electron chi connectivity index (χ1n) is 5.44. The number of hydrogen-bond acceptors (Lipinski definition) is 1. The van der Waals surface area contributed by atoms with Gasteiger partial charge in [-0.2, -0.15) is 13.2 Å². The summed E-state index contributed by atoms with van der Waals surface area (Å²) in [5, 5.41) is 0. The zero-order valence-corrected chi connectivity index (χ0v) is 11.2. The molecule has 0 N–H and O–H groups in total. The first-order chi connectivity index (χ1) is 7.90. The molecule has 17 heavy (non-hydrogen) atoms. The number of alkyl halides is 3. The summed E-state index contributed by atoms with van der Waals surface area (Å²) in [5.74, 6) is 0. The smallest absolute Gasteiger partial charge is 0.291 e. The van der Waals surface area contributed by atoms with Crippen LogP contribution in [-0.4, -0.2) is 24.2 Å². The average Bonchev–Trinajstić information content (AvgIpc) is 2.19. The summed E-state index contributed by atoms with van der Waals surface area (Å²) in [6.07, 6.45) is -3.42. The van der Waals surface area contributed by atoms with E-state index >= 15 is 0 Å². The monoisotopic (exact) mass is 309 g/mol. The summed E-state index contributed by atoms with van der Waals surface area (Å²) < 4.78 is 38.0. The molecule has 0 amide bonds. The molecule has 0 aliphatic heterocycles. The number of halogens is 4. The highest BCUT2D eigenvalue weighted by molar-refractivity contribution is 9.10. The van der Waals surface area contributed by atoms with Gasteiger partial charge in [0, 0.05) is 11.0 Å². The van der Waals surface area contributed by atoms with Gasteiger partial charge in [-0.25, -0.2) is 0 Å². The standard InChI is InChI=1S/C12H15BrF3N/c1-2-7-17(9-12(14,15)16)8-10-3-5-11(13)6-4-10/h3-6H,2,7-9H2,1H3. The molecule has 0 bridgehead atoms. The van der Waals surface area contributed by atoms with Crippen molar-refractivity contribution >= 4 is 15.9 Å². The van der Waals surface area contributed by atoms with Crippen LogP contribution in [0.5, 0.6) is 0 Å². The quantitative estimate of drug-likeness (QED) is 0.787. The van der Waals surface area contributed by atoms with Gasteiger partial charge in [0.15, 0.2) is 0 Å². The second-order valence-corrected chi connectivity index (χ2v) is 4.87. The molecule has 1 nitrogen and oxygen atoms in total. The molecule has 0 unspecified atom stereocenters. The van der Waals surface area contributed by atoms with E-state index in [1.165, 1.54) is 4.90 Å². The molecule has 96 valence electrons. The Labute approximate surface area is 108 Å². The van der Waals surface area contributed by atoms with Crippen molar-refractivity contribution in [2.45, 2.75) is 26.1 Å². The van der Waals surface area contributed by atoms with Crippen LogP contribution in [0.1, 0.15) is 18.9 Å². The Morgan fingerprint density at radius 1 is 1.18 bits per heavy atom. The van der Waals surface area contributed by atoms with Gasteiger partial charge in [0.2, 0.25) is 0 Å². The first kappa shape index (κ1) is 14.5. The molecule has 1 rings (SSSR count). The predicted molar refractivity (Wildman–Crippen MR) is 65.8 cm³/mol. The van der Waals surface area contributed by atoms with E-state index in [4.69, 9.17) is 0 Å². The Bertz CT molecular complexity index is 335. The van der Waals surface area contributed by atoms with E-state index in [0.29, 0.717) is 19.5 Å². The Balaban J connectivity index is 2.63. The Hall–Kier alpha value is -0.550. The van der Waals surface area contributed by atoms with Crippen LogP contribution in [0.2, 0.25) is 0 Å². The fourth-order valence-corrected chi connectivity index (χ4v) is 1.90. The third-order valence-corrected chi connectivity index (χ3v) is 2.79. The highest BCUT2D eigenvalue weighted by Gasteiger charge is 2.30. The van der Waals surface area contributed by atoms with Gasteiger partial charge in [0.25, 0.3) is 0 Å². The molecular formula is C12H15BrF3N. The van der Waals surface area contributed by atoms with Crippen LogP contribution in [0.4, 0.5) is 13.2 Å². The van der Waals surface area contributed by atoms with Crippen LogP contribution >= 0.6 is 15.9 Å². The van der Waals surface area contributed by atoms with Crippen LogP contribution in [0.3, 0.4) is 0 Å². The van der Waals surface area contributed by atoms with E-state index in [1.54, 1.807) is 0 Å². The topological polar surface area (TPSA) is 3.24 Å². The highest BCUT2D eigenvalue weighted by Crippen LogP contribution is 2.19. The molecule has 0 radical (unpaired) electrons. The number of rotatable bonds is 5. The Morgan fingerprint density at radius 2 is 1.76 bits per heavy atom. The van der Waals surface area contributed by atoms with E-state index in [9.17, 15) is 13.2 Å². The highest BCUT2D eigenvalue weighted by atomic mass is 79.9. The van der Waals surface area contributed by atoms with Gasteiger partial charge in [-0.05, 0) is 30.7 Å². The largest absolute Gasteiger partial charge is 0.401 e. The van der Waals surface area contributed by atoms with Crippen molar-refractivity contribution in [2.24, 2.45) is 0 Å². The van der Waals surface area contributed by atoms with Crippen LogP contribution in [0.15, 0.2) is 28.7 Å². The van der Waals surface area contributed by atoms with Gasteiger partial charge < -0.3 is 0 Å². The van der Waals surface area contributed by atoms with Crippen molar-refractivity contribution in [3.8, 4) is 0 Å². The van der Waals surface area contributed by atoms with E-state index in [0.717, 1.165) is 10.0 Å². The van der Waals surface area contributed by atoms with Gasteiger partial charge in [-0.1, -0.05) is 35.0 Å². The molecule has 0 atom stereocenters. The van der Waals surface area contributed by atoms with Crippen LogP contribution < -0.4 is 0 Å². The fourth-order valence-electron chi connectivity index (χ4n) is 1.63. The second-order valence-electron chi connectivity index (χ2n) is 3.95. The number of hydrogen-bond donors (Lipinski definition) is 0. The summed E-state index contributed by atoms with van der Waals surface area (Å²) in [6, 6.07) is 7.35. The minimum Gasteiger partial charge on any atom is -0.291 e. The molecular weight excluding hydrogens is 295 g/mol. The van der Waals surface area contributed by atoms with Crippen LogP contribution in [-0.2, 0) is 6.54 Å². The average molecular weight is 310 g/mol. The lowest BCUT2D eigenvalue weighted by molar-refractivity contribution is -0.147. The maximum atomic E-state index is 12.3. The molecule has 0 aliphatic carbocycles. The fraction of sp³-hybridized carbons (Fsp3) is 0.500. The molecule has 0 spiro atoms. The minimum atomic E-state index is -4.13. The third kappa shape index (κ3) is 6.07. The SMILES string of the molecule is CCCN(Cc1ccc(Br)cc1)CC(F)(F)F. The van der Waals surface area contributed by atoms with Crippen molar-refractivity contribution in [1.82, 2.24) is 4.90 Å². The van der Waals surface area contributed by atoms with Gasteiger partial charge in [-0.15, -0.1) is 0 Å². The third-order valence-electron chi connectivity index (χ3n) is 2.26. The Kier molecular flexibility index (Phi) is 5.46. The lowest BCUT2D eigenvalue weighted by atomic mass is 10.2. The molecule has 0 fully saturated rings. The lowest BCUT2D eigenvalue weighted by Gasteiger charge is -2.23. The molecule has 1 aromatic carbocycles. The molecule has 0 heterocycles. The van der Waals surface area contributed by atoms with Crippen molar-refractivity contribution in [3.05, 3.63) is 34.3 Å². The summed E-state index contributed by atoms with van der Waals surface area (Å²) in [6.45, 7) is 1.82. The second kappa shape index (κ2) is 6.40. The molecule has 0 aromatic heterocycles. The number of benzene rings is 1. The summed E-state index contributed by atoms with van der Waals surface area (Å²) >= 11 is 3.30. The Morgan fingerprint density at radius 3 is 2.24 bits per heavy atom. The van der Waals surface area contributed by atoms with Crippen molar-refractivity contribution in [1.29, 1.82) is 0 Å². The molecule has 0 saturated carbocycles.